The van der Waals surface area contributed by atoms with Gasteiger partial charge in [-0.05, 0) is 41.7 Å². The zero-order chi connectivity index (χ0) is 13.1. The highest BCUT2D eigenvalue weighted by atomic mass is 19.1. The molecular weight excluding hydrogens is 231 g/mol. The maximum Gasteiger partial charge on any atom is 0.304 e. The van der Waals surface area contributed by atoms with Crippen LogP contribution in [0.25, 0.3) is 5.57 Å². The van der Waals surface area contributed by atoms with Crippen LogP contribution in [-0.2, 0) is 4.79 Å². The van der Waals surface area contributed by atoms with Crippen molar-refractivity contribution in [2.45, 2.75) is 38.5 Å². The van der Waals surface area contributed by atoms with E-state index in [9.17, 15) is 9.18 Å². The number of hydrogen-bond acceptors (Lipinski definition) is 1. The molecule has 96 valence electrons. The van der Waals surface area contributed by atoms with E-state index in [0.29, 0.717) is 0 Å². The first-order chi connectivity index (χ1) is 8.61. The molecule has 0 saturated heterocycles. The first-order valence-electron chi connectivity index (χ1n) is 6.34. The van der Waals surface area contributed by atoms with Crippen LogP contribution >= 0.6 is 0 Å². The fraction of sp³-hybridized carbons (Fsp3) is 0.400. The van der Waals surface area contributed by atoms with Crippen LogP contribution in [0.5, 0.6) is 0 Å². The molecule has 2 nitrogen and oxygen atoms in total. The Morgan fingerprint density at radius 3 is 2.89 bits per heavy atom. The number of carboxylic acid groups (broad SMARTS) is 1. The number of halogens is 1. The topological polar surface area (TPSA) is 37.3 Å². The van der Waals surface area contributed by atoms with Crippen LogP contribution < -0.4 is 0 Å². The predicted molar refractivity (Wildman–Crippen MR) is 68.9 cm³/mol. The first-order valence-corrected chi connectivity index (χ1v) is 6.34. The molecular formula is C15H17FO2. The number of aliphatic carboxylic acids is 1. The average molecular weight is 248 g/mol. The van der Waals surface area contributed by atoms with Gasteiger partial charge < -0.3 is 5.11 Å². The lowest BCUT2D eigenvalue weighted by Gasteiger charge is -2.08. The minimum absolute atomic E-state index is 0.0776. The molecule has 1 N–H and O–H groups in total. The fourth-order valence-electron chi connectivity index (χ4n) is 2.49. The second-order valence-electron chi connectivity index (χ2n) is 4.73. The van der Waals surface area contributed by atoms with Crippen molar-refractivity contribution in [2.24, 2.45) is 0 Å². The van der Waals surface area contributed by atoms with Gasteiger partial charge in [0.15, 0.2) is 0 Å². The molecule has 1 aliphatic rings. The molecule has 2 rings (SSSR count). The lowest BCUT2D eigenvalue weighted by Crippen LogP contribution is -2.02. The van der Waals surface area contributed by atoms with Crippen molar-refractivity contribution in [3.8, 4) is 0 Å². The van der Waals surface area contributed by atoms with Gasteiger partial charge in [-0.3, -0.25) is 4.79 Å². The number of benzene rings is 1. The summed E-state index contributed by atoms with van der Waals surface area (Å²) in [6.45, 7) is 2.11. The normalized spacial score (nSPS) is 17.4. The quantitative estimate of drug-likeness (QED) is 0.856. The summed E-state index contributed by atoms with van der Waals surface area (Å²) in [6.07, 6.45) is 5.08. The van der Waals surface area contributed by atoms with E-state index < -0.39 is 5.97 Å². The van der Waals surface area contributed by atoms with Gasteiger partial charge in [0, 0.05) is 5.92 Å². The van der Waals surface area contributed by atoms with Crippen LogP contribution in [0.3, 0.4) is 0 Å². The molecule has 0 radical (unpaired) electrons. The van der Waals surface area contributed by atoms with E-state index >= 15 is 0 Å². The molecule has 1 aliphatic carbocycles. The Morgan fingerprint density at radius 2 is 2.22 bits per heavy atom. The molecule has 0 aromatic heterocycles. The van der Waals surface area contributed by atoms with E-state index in [0.717, 1.165) is 36.0 Å². The molecule has 3 heteroatoms. The summed E-state index contributed by atoms with van der Waals surface area (Å²) >= 11 is 0. The fourth-order valence-corrected chi connectivity index (χ4v) is 2.49. The van der Waals surface area contributed by atoms with Gasteiger partial charge in [0.1, 0.15) is 5.82 Å². The van der Waals surface area contributed by atoms with Gasteiger partial charge >= 0.3 is 5.97 Å². The van der Waals surface area contributed by atoms with Crippen LogP contribution in [0.4, 0.5) is 4.39 Å². The molecule has 1 atom stereocenters. The molecule has 0 heterocycles. The molecule has 1 unspecified atom stereocenters. The van der Waals surface area contributed by atoms with Crippen molar-refractivity contribution in [3.63, 3.8) is 0 Å². The van der Waals surface area contributed by atoms with Crippen LogP contribution in [0.15, 0.2) is 24.3 Å². The Bertz CT molecular complexity index is 491. The summed E-state index contributed by atoms with van der Waals surface area (Å²) in [5.74, 6) is -1.18. The summed E-state index contributed by atoms with van der Waals surface area (Å²) in [7, 11) is 0. The Labute approximate surface area is 106 Å². The summed E-state index contributed by atoms with van der Waals surface area (Å²) in [4.78, 5) is 10.8. The van der Waals surface area contributed by atoms with E-state index in [2.05, 4.69) is 6.92 Å². The van der Waals surface area contributed by atoms with Crippen LogP contribution in [-0.4, -0.2) is 11.1 Å². The maximum atomic E-state index is 13.3. The molecule has 0 fully saturated rings. The molecule has 1 aromatic rings. The Balaban J connectivity index is 2.31. The maximum absolute atomic E-state index is 13.3. The van der Waals surface area contributed by atoms with Crippen molar-refractivity contribution >= 4 is 11.5 Å². The minimum atomic E-state index is -0.816. The largest absolute Gasteiger partial charge is 0.481 e. The standard InChI is InChI=1S/C15H17FO2/c1-2-3-4-10-7-11(8-15(17)18)13-6-5-12(16)9-14(10)13/h5-7,9,11H,2-4,8H2,1H3,(H,17,18). The Morgan fingerprint density at radius 1 is 1.44 bits per heavy atom. The highest BCUT2D eigenvalue weighted by Crippen LogP contribution is 2.40. The molecule has 0 amide bonds. The van der Waals surface area contributed by atoms with Gasteiger partial charge in [-0.15, -0.1) is 0 Å². The third-order valence-corrected chi connectivity index (χ3v) is 3.36. The lowest BCUT2D eigenvalue weighted by atomic mass is 9.97. The van der Waals surface area contributed by atoms with Crippen LogP contribution in [0.2, 0.25) is 0 Å². The number of unbranched alkanes of at least 4 members (excludes halogenated alkanes) is 1. The van der Waals surface area contributed by atoms with E-state index in [-0.39, 0.29) is 18.2 Å². The molecule has 0 spiro atoms. The van der Waals surface area contributed by atoms with Crippen molar-refractivity contribution in [1.29, 1.82) is 0 Å². The summed E-state index contributed by atoms with van der Waals surface area (Å²) in [6, 6.07) is 4.65. The van der Waals surface area contributed by atoms with Crippen LogP contribution in [0.1, 0.15) is 49.7 Å². The molecule has 0 bridgehead atoms. The van der Waals surface area contributed by atoms with Crippen LogP contribution in [0, 0.1) is 5.82 Å². The minimum Gasteiger partial charge on any atom is -0.481 e. The van der Waals surface area contributed by atoms with Crippen molar-refractivity contribution in [2.75, 3.05) is 0 Å². The van der Waals surface area contributed by atoms with Crippen molar-refractivity contribution in [3.05, 3.63) is 41.2 Å². The highest BCUT2D eigenvalue weighted by Gasteiger charge is 2.25. The lowest BCUT2D eigenvalue weighted by molar-refractivity contribution is -0.137. The second kappa shape index (κ2) is 5.34. The Hall–Kier alpha value is -1.64. The van der Waals surface area contributed by atoms with E-state index in [1.54, 1.807) is 6.07 Å². The van der Waals surface area contributed by atoms with Gasteiger partial charge in [-0.1, -0.05) is 25.5 Å². The number of carboxylic acids is 1. The monoisotopic (exact) mass is 248 g/mol. The number of fused-ring (bicyclic) bond motifs is 1. The SMILES string of the molecule is CCCCC1=CC(CC(=O)O)c2ccc(F)cc21. The number of carbonyl (C=O) groups is 1. The van der Waals surface area contributed by atoms with Gasteiger partial charge in [0.05, 0.1) is 6.42 Å². The summed E-state index contributed by atoms with van der Waals surface area (Å²) < 4.78 is 13.3. The average Bonchev–Trinajstić information content (AvgIpc) is 2.63. The van der Waals surface area contributed by atoms with Gasteiger partial charge in [-0.25, -0.2) is 4.39 Å². The highest BCUT2D eigenvalue weighted by molar-refractivity contribution is 5.78. The first kappa shape index (κ1) is 12.8. The van der Waals surface area contributed by atoms with E-state index in [1.165, 1.54) is 12.1 Å². The zero-order valence-electron chi connectivity index (χ0n) is 10.4. The third-order valence-electron chi connectivity index (χ3n) is 3.36. The van der Waals surface area contributed by atoms with Gasteiger partial charge in [0.25, 0.3) is 0 Å². The predicted octanol–water partition coefficient (Wildman–Crippen LogP) is 3.97. The molecule has 0 saturated carbocycles. The Kier molecular flexibility index (Phi) is 3.80. The smallest absolute Gasteiger partial charge is 0.304 e. The number of allylic oxidation sites excluding steroid dienone is 2. The summed E-state index contributed by atoms with van der Waals surface area (Å²) in [5, 5.41) is 8.91. The molecule has 0 aliphatic heterocycles. The zero-order valence-corrected chi connectivity index (χ0v) is 10.4. The van der Waals surface area contributed by atoms with Gasteiger partial charge in [0.2, 0.25) is 0 Å². The molecule has 18 heavy (non-hydrogen) atoms. The van der Waals surface area contributed by atoms with Crippen molar-refractivity contribution in [1.82, 2.24) is 0 Å². The van der Waals surface area contributed by atoms with Gasteiger partial charge in [-0.2, -0.15) is 0 Å². The van der Waals surface area contributed by atoms with E-state index in [4.69, 9.17) is 5.11 Å². The number of rotatable bonds is 5. The van der Waals surface area contributed by atoms with E-state index in [1.807, 2.05) is 6.08 Å². The second-order valence-corrected chi connectivity index (χ2v) is 4.73. The summed E-state index contributed by atoms with van der Waals surface area (Å²) in [5.41, 5.74) is 2.94. The molecule has 1 aromatic carbocycles. The third kappa shape index (κ3) is 2.61. The number of hydrogen-bond donors (Lipinski definition) is 1. The van der Waals surface area contributed by atoms with Crippen molar-refractivity contribution < 1.29 is 14.3 Å².